The van der Waals surface area contributed by atoms with Gasteiger partial charge in [-0.05, 0) is 110 Å². The molecule has 174 valence electrons. The van der Waals surface area contributed by atoms with Crippen LogP contribution in [0.2, 0.25) is 5.02 Å². The number of fused-ring (bicyclic) bond motifs is 1. The molecule has 0 atom stereocenters. The van der Waals surface area contributed by atoms with Gasteiger partial charge in [-0.15, -0.1) is 0 Å². The predicted octanol–water partition coefficient (Wildman–Crippen LogP) is 7.38. The zero-order valence-electron chi connectivity index (χ0n) is 18.1. The third-order valence-corrected chi connectivity index (χ3v) is 7.40. The molecule has 4 aromatic rings. The first kappa shape index (κ1) is 24.1. The molecule has 3 amide bonds. The van der Waals surface area contributed by atoms with Crippen molar-refractivity contribution in [1.29, 1.82) is 0 Å². The maximum absolute atomic E-state index is 12.9. The van der Waals surface area contributed by atoms with E-state index in [0.29, 0.717) is 17.3 Å². The molecule has 1 saturated heterocycles. The molecule has 5 nitrogen and oxygen atoms in total. The fraction of sp³-hybridized carbons (Fsp3) is 0.0370. The average molecular weight is 707 g/mol. The third kappa shape index (κ3) is 5.03. The summed E-state index contributed by atoms with van der Waals surface area (Å²) in [5.74, 6) is 0.365. The van der Waals surface area contributed by atoms with Crippen molar-refractivity contribution in [2.75, 3.05) is 4.90 Å². The topological polar surface area (TPSA) is 58.6 Å². The Labute approximate surface area is 234 Å². The Morgan fingerprint density at radius 2 is 1.60 bits per heavy atom. The van der Waals surface area contributed by atoms with Gasteiger partial charge in [-0.25, -0.2) is 9.69 Å². The van der Waals surface area contributed by atoms with E-state index in [1.54, 1.807) is 30.3 Å². The van der Waals surface area contributed by atoms with Gasteiger partial charge in [0.1, 0.15) is 18.1 Å². The van der Waals surface area contributed by atoms with Crippen LogP contribution in [-0.4, -0.2) is 11.9 Å². The smallest absolute Gasteiger partial charge is 0.333 e. The number of rotatable bonds is 5. The lowest BCUT2D eigenvalue weighted by atomic mass is 10.1. The van der Waals surface area contributed by atoms with Crippen LogP contribution < -0.4 is 15.0 Å². The van der Waals surface area contributed by atoms with Gasteiger partial charge in [0.05, 0.1) is 12.8 Å². The minimum Gasteiger partial charge on any atom is -0.487 e. The van der Waals surface area contributed by atoms with Crippen LogP contribution in [0.1, 0.15) is 11.1 Å². The van der Waals surface area contributed by atoms with Crippen molar-refractivity contribution in [3.05, 3.63) is 108 Å². The van der Waals surface area contributed by atoms with Crippen LogP contribution in [0, 0.1) is 7.14 Å². The van der Waals surface area contributed by atoms with E-state index in [-0.39, 0.29) is 5.70 Å². The third-order valence-electron chi connectivity index (χ3n) is 5.55. The number of halogens is 3. The first-order valence-corrected chi connectivity index (χ1v) is 13.2. The first-order chi connectivity index (χ1) is 16.9. The Morgan fingerprint density at radius 3 is 2.34 bits per heavy atom. The lowest BCUT2D eigenvalue weighted by Crippen LogP contribution is -2.30. The number of nitrogens with one attached hydrogen (secondary N) is 1. The number of carbonyl (C=O) groups is 2. The monoisotopic (exact) mass is 706 g/mol. The number of imide groups is 1. The molecule has 0 saturated carbocycles. The number of amides is 3. The summed E-state index contributed by atoms with van der Waals surface area (Å²) in [5.41, 5.74) is 2.57. The number of nitrogens with zero attached hydrogens (tertiary/aromatic N) is 1. The molecule has 35 heavy (non-hydrogen) atoms. The lowest BCUT2D eigenvalue weighted by molar-refractivity contribution is -0.113. The predicted molar refractivity (Wildman–Crippen MR) is 156 cm³/mol. The van der Waals surface area contributed by atoms with E-state index < -0.39 is 11.9 Å². The van der Waals surface area contributed by atoms with Crippen LogP contribution in [0.25, 0.3) is 16.8 Å². The molecule has 5 rings (SSSR count). The number of carbonyl (C=O) groups excluding carboxylic acids is 2. The van der Waals surface area contributed by atoms with E-state index in [4.69, 9.17) is 16.3 Å². The summed E-state index contributed by atoms with van der Waals surface area (Å²) in [6.07, 6.45) is 1.68. The van der Waals surface area contributed by atoms with Crippen molar-refractivity contribution in [3.8, 4) is 5.75 Å². The van der Waals surface area contributed by atoms with E-state index in [0.717, 1.165) is 28.9 Å². The summed E-state index contributed by atoms with van der Waals surface area (Å²) in [4.78, 5) is 26.5. The SMILES string of the molecule is O=C1N/C(=C/c2cc(I)c(OCc3cccc4ccccc34)c(I)c2)C(=O)N1c1ccc(Cl)cc1. The number of urea groups is 1. The second kappa shape index (κ2) is 10.2. The van der Waals surface area contributed by atoms with Crippen LogP contribution >= 0.6 is 56.8 Å². The Balaban J connectivity index is 1.37. The second-order valence-corrected chi connectivity index (χ2v) is 10.6. The summed E-state index contributed by atoms with van der Waals surface area (Å²) in [7, 11) is 0. The van der Waals surface area contributed by atoms with Crippen LogP contribution in [0.15, 0.2) is 84.6 Å². The van der Waals surface area contributed by atoms with Crippen molar-refractivity contribution >= 4 is 91.3 Å². The van der Waals surface area contributed by atoms with E-state index in [1.165, 1.54) is 10.8 Å². The number of benzene rings is 4. The van der Waals surface area contributed by atoms with Gasteiger partial charge < -0.3 is 10.1 Å². The number of anilines is 1. The summed E-state index contributed by atoms with van der Waals surface area (Å²) in [6, 6.07) is 24.3. The normalized spacial score (nSPS) is 14.6. The standard InChI is InChI=1S/C27H17ClI2N2O3/c28-19-8-10-20(11-9-19)32-26(33)24(31-27(32)34)14-16-12-22(29)25(23(30)13-16)35-15-18-6-3-5-17-4-1-2-7-21(17)18/h1-14H,15H2,(H,31,34)/b24-14+. The molecule has 0 bridgehead atoms. The summed E-state index contributed by atoms with van der Waals surface area (Å²) in [6.45, 7) is 0.443. The van der Waals surface area contributed by atoms with Gasteiger partial charge in [0.15, 0.2) is 0 Å². The van der Waals surface area contributed by atoms with Crippen molar-refractivity contribution in [1.82, 2.24) is 5.32 Å². The Kier molecular flexibility index (Phi) is 6.99. The van der Waals surface area contributed by atoms with Gasteiger partial charge in [0, 0.05) is 5.02 Å². The maximum Gasteiger partial charge on any atom is 0.333 e. The van der Waals surface area contributed by atoms with Gasteiger partial charge >= 0.3 is 6.03 Å². The van der Waals surface area contributed by atoms with Gasteiger partial charge in [0.25, 0.3) is 5.91 Å². The number of hydrogen-bond acceptors (Lipinski definition) is 3. The van der Waals surface area contributed by atoms with E-state index in [9.17, 15) is 9.59 Å². The van der Waals surface area contributed by atoms with E-state index in [1.807, 2.05) is 30.3 Å². The molecule has 0 aromatic heterocycles. The summed E-state index contributed by atoms with van der Waals surface area (Å²) in [5, 5.41) is 5.54. The highest BCUT2D eigenvalue weighted by atomic mass is 127. The average Bonchev–Trinajstić information content (AvgIpc) is 3.11. The largest absolute Gasteiger partial charge is 0.487 e. The maximum atomic E-state index is 12.9. The fourth-order valence-corrected chi connectivity index (χ4v) is 6.15. The van der Waals surface area contributed by atoms with Crippen LogP contribution in [-0.2, 0) is 11.4 Å². The van der Waals surface area contributed by atoms with Crippen LogP contribution in [0.5, 0.6) is 5.75 Å². The lowest BCUT2D eigenvalue weighted by Gasteiger charge is -2.13. The van der Waals surface area contributed by atoms with Crippen LogP contribution in [0.3, 0.4) is 0 Å². The molecule has 1 N–H and O–H groups in total. The fourth-order valence-electron chi connectivity index (χ4n) is 3.90. The highest BCUT2D eigenvalue weighted by molar-refractivity contribution is 14.1. The van der Waals surface area contributed by atoms with Crippen molar-refractivity contribution in [3.63, 3.8) is 0 Å². The Morgan fingerprint density at radius 1 is 0.914 bits per heavy atom. The molecule has 1 fully saturated rings. The van der Waals surface area contributed by atoms with Gasteiger partial charge in [0.2, 0.25) is 0 Å². The number of ether oxygens (including phenoxy) is 1. The number of hydrogen-bond donors (Lipinski definition) is 1. The van der Waals surface area contributed by atoms with E-state index in [2.05, 4.69) is 74.8 Å². The van der Waals surface area contributed by atoms with Gasteiger partial charge in [-0.3, -0.25) is 4.79 Å². The minimum atomic E-state index is -0.497. The zero-order valence-corrected chi connectivity index (χ0v) is 23.2. The Bertz CT molecular complexity index is 1470. The van der Waals surface area contributed by atoms with Crippen molar-refractivity contribution in [2.45, 2.75) is 6.61 Å². The minimum absolute atomic E-state index is 0.209. The van der Waals surface area contributed by atoms with E-state index >= 15 is 0 Å². The summed E-state index contributed by atoms with van der Waals surface area (Å²) >= 11 is 10.4. The highest BCUT2D eigenvalue weighted by Gasteiger charge is 2.34. The summed E-state index contributed by atoms with van der Waals surface area (Å²) < 4.78 is 8.04. The first-order valence-electron chi connectivity index (χ1n) is 10.6. The molecular weight excluding hydrogens is 690 g/mol. The molecule has 0 radical (unpaired) electrons. The molecule has 8 heteroatoms. The molecule has 0 spiro atoms. The van der Waals surface area contributed by atoms with Crippen molar-refractivity contribution < 1.29 is 14.3 Å². The molecule has 0 aliphatic carbocycles. The molecular formula is C27H17ClI2N2O3. The quantitative estimate of drug-likeness (QED) is 0.134. The molecule has 1 aliphatic heterocycles. The molecule has 4 aromatic carbocycles. The van der Waals surface area contributed by atoms with Gasteiger partial charge in [-0.2, -0.15) is 0 Å². The molecule has 0 unspecified atom stereocenters. The zero-order chi connectivity index (χ0) is 24.5. The highest BCUT2D eigenvalue weighted by Crippen LogP contribution is 2.32. The molecule has 1 aliphatic rings. The second-order valence-electron chi connectivity index (χ2n) is 7.85. The van der Waals surface area contributed by atoms with Crippen LogP contribution in [0.4, 0.5) is 10.5 Å². The Hall–Kier alpha value is -2.63. The van der Waals surface area contributed by atoms with Gasteiger partial charge in [-0.1, -0.05) is 54.1 Å². The molecule has 1 heterocycles. The van der Waals surface area contributed by atoms with Crippen molar-refractivity contribution in [2.24, 2.45) is 0 Å².